The van der Waals surface area contributed by atoms with Gasteiger partial charge in [-0.05, 0) is 35.9 Å². The highest BCUT2D eigenvalue weighted by molar-refractivity contribution is 6.35. The van der Waals surface area contributed by atoms with Crippen molar-refractivity contribution in [3.63, 3.8) is 0 Å². The number of carbonyl (C=O) groups excluding carboxylic acids is 1. The van der Waals surface area contributed by atoms with Crippen molar-refractivity contribution >= 4 is 52.6 Å². The molecule has 0 atom stereocenters. The highest BCUT2D eigenvalue weighted by Gasteiger charge is 2.08. The van der Waals surface area contributed by atoms with E-state index in [0.29, 0.717) is 27.1 Å². The zero-order valence-corrected chi connectivity index (χ0v) is 16.1. The molecule has 0 fully saturated rings. The summed E-state index contributed by atoms with van der Waals surface area (Å²) in [6.07, 6.45) is 6.05. The number of benzene rings is 1. The molecule has 9 heteroatoms. The second-order valence-electron chi connectivity index (χ2n) is 5.71. The monoisotopic (exact) mass is 414 g/mol. The zero-order chi connectivity index (χ0) is 19.9. The number of pyridine rings is 2. The lowest BCUT2D eigenvalue weighted by atomic mass is 10.2. The summed E-state index contributed by atoms with van der Waals surface area (Å²) in [6, 6.07) is 9.83. The predicted molar refractivity (Wildman–Crippen MR) is 112 cm³/mol. The van der Waals surface area contributed by atoms with E-state index in [1.54, 1.807) is 55.0 Å². The molecule has 0 spiro atoms. The number of nitrogens with zero attached hydrogens (tertiary/aromatic N) is 2. The zero-order valence-electron chi connectivity index (χ0n) is 14.5. The van der Waals surface area contributed by atoms with E-state index in [0.717, 1.165) is 11.3 Å². The average Bonchev–Trinajstić information content (AvgIpc) is 2.69. The van der Waals surface area contributed by atoms with Crippen LogP contribution in [-0.2, 0) is 6.54 Å². The van der Waals surface area contributed by atoms with Gasteiger partial charge in [0.05, 0.1) is 11.9 Å². The molecule has 3 aromatic rings. The van der Waals surface area contributed by atoms with Gasteiger partial charge in [0, 0.05) is 46.4 Å². The maximum absolute atomic E-state index is 12.1. The van der Waals surface area contributed by atoms with Crippen molar-refractivity contribution in [1.82, 2.24) is 15.3 Å². The molecule has 0 aliphatic carbocycles. The molecular formula is C19H16Cl2N6O. The van der Waals surface area contributed by atoms with Gasteiger partial charge in [-0.1, -0.05) is 29.3 Å². The second kappa shape index (κ2) is 9.16. The Kier molecular flexibility index (Phi) is 6.41. The molecule has 2 aromatic heterocycles. The van der Waals surface area contributed by atoms with E-state index in [2.05, 4.69) is 25.9 Å². The summed E-state index contributed by atoms with van der Waals surface area (Å²) in [4.78, 5) is 20.3. The summed E-state index contributed by atoms with van der Waals surface area (Å²) in [5.74, 6) is 0.318. The molecule has 2 amide bonds. The van der Waals surface area contributed by atoms with Crippen LogP contribution in [0.3, 0.4) is 0 Å². The highest BCUT2D eigenvalue weighted by Crippen LogP contribution is 2.22. The molecule has 0 bridgehead atoms. The van der Waals surface area contributed by atoms with Crippen molar-refractivity contribution in [2.24, 2.45) is 0 Å². The number of amides is 2. The van der Waals surface area contributed by atoms with Gasteiger partial charge in [0.1, 0.15) is 5.82 Å². The fourth-order valence-electron chi connectivity index (χ4n) is 2.35. The van der Waals surface area contributed by atoms with Crippen LogP contribution in [0, 0.1) is 5.41 Å². The Balaban J connectivity index is 1.63. The number of hydrogen-bond donors (Lipinski definition) is 4. The van der Waals surface area contributed by atoms with Crippen molar-refractivity contribution in [2.45, 2.75) is 6.54 Å². The SMILES string of the molecule is N=Cc1cc(NC(=O)NCc2ccc(Cl)cc2Cl)ncc1Nc1ccncc1. The molecule has 1 aromatic carbocycles. The van der Waals surface area contributed by atoms with Crippen LogP contribution >= 0.6 is 23.2 Å². The molecule has 0 saturated carbocycles. The Morgan fingerprint density at radius 2 is 1.93 bits per heavy atom. The predicted octanol–water partition coefficient (Wildman–Crippen LogP) is 4.85. The van der Waals surface area contributed by atoms with Gasteiger partial charge >= 0.3 is 6.03 Å². The van der Waals surface area contributed by atoms with Crippen LogP contribution in [0.25, 0.3) is 0 Å². The quantitative estimate of drug-likeness (QED) is 0.433. The van der Waals surface area contributed by atoms with Gasteiger partial charge in [-0.3, -0.25) is 10.3 Å². The summed E-state index contributed by atoms with van der Waals surface area (Å²) < 4.78 is 0. The number of nitrogens with one attached hydrogen (secondary N) is 4. The summed E-state index contributed by atoms with van der Waals surface area (Å²) in [6.45, 7) is 0.237. The molecule has 0 aliphatic rings. The van der Waals surface area contributed by atoms with E-state index in [1.165, 1.54) is 6.21 Å². The number of carbonyl (C=O) groups is 1. The Bertz CT molecular complexity index is 997. The lowest BCUT2D eigenvalue weighted by Gasteiger charge is -2.12. The van der Waals surface area contributed by atoms with E-state index in [9.17, 15) is 4.79 Å². The van der Waals surface area contributed by atoms with E-state index < -0.39 is 6.03 Å². The lowest BCUT2D eigenvalue weighted by molar-refractivity contribution is 0.251. The van der Waals surface area contributed by atoms with Crippen molar-refractivity contribution in [3.8, 4) is 0 Å². The molecule has 4 N–H and O–H groups in total. The third-order valence-corrected chi connectivity index (χ3v) is 4.33. The topological polar surface area (TPSA) is 103 Å². The standard InChI is InChI=1S/C19H16Cl2N6O/c20-14-2-1-12(16(21)8-14)10-25-19(28)27-18-7-13(9-22)17(11-24-18)26-15-3-5-23-6-4-15/h1-9,11,22H,10H2,(H,23,26)(H2,24,25,27,28). The largest absolute Gasteiger partial charge is 0.354 e. The normalized spacial score (nSPS) is 10.2. The minimum Gasteiger partial charge on any atom is -0.354 e. The molecule has 2 heterocycles. The molecule has 3 rings (SSSR count). The molecule has 0 saturated heterocycles. The van der Waals surface area contributed by atoms with Crippen LogP contribution in [-0.4, -0.2) is 22.2 Å². The Labute approximate surface area is 171 Å². The summed E-state index contributed by atoms with van der Waals surface area (Å²) in [5.41, 5.74) is 2.77. The summed E-state index contributed by atoms with van der Waals surface area (Å²) >= 11 is 12.0. The van der Waals surface area contributed by atoms with Gasteiger partial charge < -0.3 is 16.0 Å². The van der Waals surface area contributed by atoms with Crippen LogP contribution in [0.1, 0.15) is 11.1 Å². The van der Waals surface area contributed by atoms with E-state index >= 15 is 0 Å². The molecule has 0 radical (unpaired) electrons. The minimum atomic E-state index is -0.440. The first-order valence-corrected chi connectivity index (χ1v) is 8.97. The Morgan fingerprint density at radius 1 is 1.14 bits per heavy atom. The van der Waals surface area contributed by atoms with Gasteiger partial charge in [-0.2, -0.15) is 0 Å². The van der Waals surface area contributed by atoms with Crippen LogP contribution in [0.5, 0.6) is 0 Å². The van der Waals surface area contributed by atoms with E-state index in [1.807, 2.05) is 0 Å². The molecule has 0 aliphatic heterocycles. The highest BCUT2D eigenvalue weighted by atomic mass is 35.5. The van der Waals surface area contributed by atoms with E-state index in [-0.39, 0.29) is 6.54 Å². The lowest BCUT2D eigenvalue weighted by Crippen LogP contribution is -2.28. The minimum absolute atomic E-state index is 0.237. The number of urea groups is 1. The smallest absolute Gasteiger partial charge is 0.320 e. The maximum Gasteiger partial charge on any atom is 0.320 e. The van der Waals surface area contributed by atoms with Crippen molar-refractivity contribution in [3.05, 3.63) is 76.2 Å². The second-order valence-corrected chi connectivity index (χ2v) is 6.55. The fourth-order valence-corrected chi connectivity index (χ4v) is 2.83. The number of aromatic nitrogens is 2. The van der Waals surface area contributed by atoms with Crippen LogP contribution in [0.4, 0.5) is 22.0 Å². The average molecular weight is 415 g/mol. The molecule has 0 unspecified atom stereocenters. The number of rotatable bonds is 6. The number of hydrogen-bond acceptors (Lipinski definition) is 5. The summed E-state index contributed by atoms with van der Waals surface area (Å²) in [5, 5.41) is 17.1. The fraction of sp³-hybridized carbons (Fsp3) is 0.0526. The Morgan fingerprint density at radius 3 is 2.64 bits per heavy atom. The maximum atomic E-state index is 12.1. The third-order valence-electron chi connectivity index (χ3n) is 3.75. The Hall–Kier alpha value is -3.16. The van der Waals surface area contributed by atoms with Gasteiger partial charge in [-0.15, -0.1) is 0 Å². The third kappa shape index (κ3) is 5.18. The van der Waals surface area contributed by atoms with Gasteiger partial charge in [0.2, 0.25) is 0 Å². The van der Waals surface area contributed by atoms with E-state index in [4.69, 9.17) is 28.6 Å². The van der Waals surface area contributed by atoms with Crippen molar-refractivity contribution in [1.29, 1.82) is 5.41 Å². The van der Waals surface area contributed by atoms with Crippen molar-refractivity contribution in [2.75, 3.05) is 10.6 Å². The van der Waals surface area contributed by atoms with Crippen LogP contribution < -0.4 is 16.0 Å². The van der Waals surface area contributed by atoms with Crippen LogP contribution in [0.15, 0.2) is 55.0 Å². The first-order chi connectivity index (χ1) is 13.5. The van der Waals surface area contributed by atoms with Crippen LogP contribution in [0.2, 0.25) is 10.0 Å². The van der Waals surface area contributed by atoms with Crippen molar-refractivity contribution < 1.29 is 4.79 Å². The molecule has 28 heavy (non-hydrogen) atoms. The van der Waals surface area contributed by atoms with Gasteiger partial charge in [0.25, 0.3) is 0 Å². The van der Waals surface area contributed by atoms with Gasteiger partial charge in [0.15, 0.2) is 0 Å². The molecular weight excluding hydrogens is 399 g/mol. The molecule has 142 valence electrons. The first-order valence-electron chi connectivity index (χ1n) is 8.21. The van der Waals surface area contributed by atoms with Gasteiger partial charge in [-0.25, -0.2) is 9.78 Å². The number of halogens is 2. The summed E-state index contributed by atoms with van der Waals surface area (Å²) in [7, 11) is 0. The first kappa shape index (κ1) is 19.6. The number of anilines is 3. The molecule has 7 nitrogen and oxygen atoms in total.